The second-order valence-corrected chi connectivity index (χ2v) is 3.55. The summed E-state index contributed by atoms with van der Waals surface area (Å²) >= 11 is 0. The molecular weight excluding hydrogens is 162 g/mol. The molecule has 1 aromatic rings. The summed E-state index contributed by atoms with van der Waals surface area (Å²) in [6.07, 6.45) is 0. The number of hydrogen-bond acceptors (Lipinski definition) is 2. The SMILES string of the molecule is NCC1COCC1c1ccccc1. The van der Waals surface area contributed by atoms with Gasteiger partial charge in [-0.25, -0.2) is 0 Å². The van der Waals surface area contributed by atoms with Crippen LogP contribution >= 0.6 is 0 Å². The third kappa shape index (κ3) is 1.74. The lowest BCUT2D eigenvalue weighted by atomic mass is 9.89. The first kappa shape index (κ1) is 8.73. The minimum absolute atomic E-state index is 0.502. The molecule has 0 aliphatic carbocycles. The van der Waals surface area contributed by atoms with Gasteiger partial charge in [0.05, 0.1) is 13.2 Å². The van der Waals surface area contributed by atoms with Crippen molar-refractivity contribution in [2.24, 2.45) is 11.7 Å². The van der Waals surface area contributed by atoms with E-state index in [1.54, 1.807) is 0 Å². The van der Waals surface area contributed by atoms with Crippen LogP contribution in [0.5, 0.6) is 0 Å². The Kier molecular flexibility index (Phi) is 2.62. The van der Waals surface area contributed by atoms with Crippen molar-refractivity contribution >= 4 is 0 Å². The van der Waals surface area contributed by atoms with Crippen LogP contribution in [0.1, 0.15) is 11.5 Å². The fourth-order valence-corrected chi connectivity index (χ4v) is 1.90. The first-order valence-corrected chi connectivity index (χ1v) is 4.74. The van der Waals surface area contributed by atoms with Crippen molar-refractivity contribution in [2.75, 3.05) is 19.8 Å². The third-order valence-electron chi connectivity index (χ3n) is 2.73. The molecule has 2 atom stereocenters. The molecule has 0 bridgehead atoms. The van der Waals surface area contributed by atoms with Gasteiger partial charge >= 0.3 is 0 Å². The molecule has 1 heterocycles. The van der Waals surface area contributed by atoms with E-state index in [2.05, 4.69) is 24.3 Å². The summed E-state index contributed by atoms with van der Waals surface area (Å²) in [4.78, 5) is 0. The van der Waals surface area contributed by atoms with Crippen LogP contribution in [0, 0.1) is 5.92 Å². The number of ether oxygens (including phenoxy) is 1. The number of nitrogens with two attached hydrogens (primary N) is 1. The third-order valence-corrected chi connectivity index (χ3v) is 2.73. The zero-order valence-corrected chi connectivity index (χ0v) is 7.65. The molecule has 0 radical (unpaired) electrons. The van der Waals surface area contributed by atoms with E-state index >= 15 is 0 Å². The summed E-state index contributed by atoms with van der Waals surface area (Å²) in [6.45, 7) is 2.36. The Morgan fingerprint density at radius 2 is 2.00 bits per heavy atom. The molecule has 2 unspecified atom stereocenters. The average molecular weight is 177 g/mol. The molecule has 1 aliphatic heterocycles. The summed E-state index contributed by atoms with van der Waals surface area (Å²) in [6, 6.07) is 10.5. The van der Waals surface area contributed by atoms with Crippen LogP contribution in [0.25, 0.3) is 0 Å². The number of rotatable bonds is 2. The molecular formula is C11H15NO. The smallest absolute Gasteiger partial charge is 0.0538 e. The Hall–Kier alpha value is -0.860. The van der Waals surface area contributed by atoms with E-state index in [4.69, 9.17) is 10.5 Å². The Bertz CT molecular complexity index is 260. The summed E-state index contributed by atoms with van der Waals surface area (Å²) in [5.41, 5.74) is 7.04. The highest BCUT2D eigenvalue weighted by Crippen LogP contribution is 2.29. The predicted molar refractivity (Wildman–Crippen MR) is 52.5 cm³/mol. The highest BCUT2D eigenvalue weighted by Gasteiger charge is 2.27. The van der Waals surface area contributed by atoms with Crippen molar-refractivity contribution in [1.29, 1.82) is 0 Å². The van der Waals surface area contributed by atoms with Gasteiger partial charge in [0.25, 0.3) is 0 Å². The quantitative estimate of drug-likeness (QED) is 0.740. The molecule has 1 aliphatic rings. The zero-order chi connectivity index (χ0) is 9.10. The van der Waals surface area contributed by atoms with Crippen molar-refractivity contribution in [3.05, 3.63) is 35.9 Å². The Morgan fingerprint density at radius 1 is 1.23 bits per heavy atom. The average Bonchev–Trinajstić information content (AvgIpc) is 2.67. The Labute approximate surface area is 78.7 Å². The van der Waals surface area contributed by atoms with Gasteiger partial charge < -0.3 is 10.5 Å². The molecule has 1 aromatic carbocycles. The van der Waals surface area contributed by atoms with Crippen molar-refractivity contribution in [3.63, 3.8) is 0 Å². The van der Waals surface area contributed by atoms with Gasteiger partial charge in [-0.1, -0.05) is 30.3 Å². The van der Waals surface area contributed by atoms with Gasteiger partial charge in [0.15, 0.2) is 0 Å². The normalized spacial score (nSPS) is 27.8. The van der Waals surface area contributed by atoms with Crippen molar-refractivity contribution in [3.8, 4) is 0 Å². The standard InChI is InChI=1S/C11H15NO/c12-6-10-7-13-8-11(10)9-4-2-1-3-5-9/h1-5,10-11H,6-8,12H2. The molecule has 2 N–H and O–H groups in total. The second-order valence-electron chi connectivity index (χ2n) is 3.55. The van der Waals surface area contributed by atoms with Crippen molar-refractivity contribution < 1.29 is 4.74 Å². The fraction of sp³-hybridized carbons (Fsp3) is 0.455. The van der Waals surface area contributed by atoms with Gasteiger partial charge in [0.1, 0.15) is 0 Å². The van der Waals surface area contributed by atoms with Gasteiger partial charge in [0, 0.05) is 11.8 Å². The van der Waals surface area contributed by atoms with Crippen molar-refractivity contribution in [2.45, 2.75) is 5.92 Å². The topological polar surface area (TPSA) is 35.2 Å². The maximum atomic E-state index is 5.68. The lowest BCUT2D eigenvalue weighted by Gasteiger charge is -2.15. The molecule has 0 aromatic heterocycles. The van der Waals surface area contributed by atoms with Crippen LogP contribution in [0.4, 0.5) is 0 Å². The largest absolute Gasteiger partial charge is 0.380 e. The Balaban J connectivity index is 2.16. The molecule has 2 nitrogen and oxygen atoms in total. The summed E-state index contributed by atoms with van der Waals surface area (Å²) < 4.78 is 5.44. The number of hydrogen-bond donors (Lipinski definition) is 1. The van der Waals surface area contributed by atoms with Crippen LogP contribution in [0.3, 0.4) is 0 Å². The molecule has 1 fully saturated rings. The van der Waals surface area contributed by atoms with Crippen molar-refractivity contribution in [1.82, 2.24) is 0 Å². The maximum Gasteiger partial charge on any atom is 0.0538 e. The second kappa shape index (κ2) is 3.90. The van der Waals surface area contributed by atoms with E-state index < -0.39 is 0 Å². The maximum absolute atomic E-state index is 5.68. The zero-order valence-electron chi connectivity index (χ0n) is 7.65. The van der Waals surface area contributed by atoms with E-state index in [0.717, 1.165) is 19.8 Å². The van der Waals surface area contributed by atoms with Gasteiger partial charge in [-0.3, -0.25) is 0 Å². The molecule has 13 heavy (non-hydrogen) atoms. The monoisotopic (exact) mass is 177 g/mol. The fourth-order valence-electron chi connectivity index (χ4n) is 1.90. The van der Waals surface area contributed by atoms with Gasteiger partial charge in [-0.15, -0.1) is 0 Å². The first-order valence-electron chi connectivity index (χ1n) is 4.74. The highest BCUT2D eigenvalue weighted by molar-refractivity contribution is 5.21. The minimum atomic E-state index is 0.502. The summed E-state index contributed by atoms with van der Waals surface area (Å²) in [5, 5.41) is 0. The van der Waals surface area contributed by atoms with E-state index in [1.807, 2.05) is 6.07 Å². The van der Waals surface area contributed by atoms with Gasteiger partial charge in [-0.05, 0) is 12.1 Å². The molecule has 0 spiro atoms. The first-order chi connectivity index (χ1) is 6.42. The summed E-state index contributed by atoms with van der Waals surface area (Å²) in [5.74, 6) is 1.01. The Morgan fingerprint density at radius 3 is 2.69 bits per heavy atom. The van der Waals surface area contributed by atoms with Crippen LogP contribution in [-0.2, 0) is 4.74 Å². The molecule has 1 saturated heterocycles. The summed E-state index contributed by atoms with van der Waals surface area (Å²) in [7, 11) is 0. The highest BCUT2D eigenvalue weighted by atomic mass is 16.5. The molecule has 70 valence electrons. The molecule has 2 rings (SSSR count). The van der Waals surface area contributed by atoms with Crippen LogP contribution in [0.15, 0.2) is 30.3 Å². The predicted octanol–water partition coefficient (Wildman–Crippen LogP) is 1.38. The number of benzene rings is 1. The lowest BCUT2D eigenvalue weighted by molar-refractivity contribution is 0.185. The lowest BCUT2D eigenvalue weighted by Crippen LogP contribution is -2.20. The minimum Gasteiger partial charge on any atom is -0.380 e. The van der Waals surface area contributed by atoms with Gasteiger partial charge in [-0.2, -0.15) is 0 Å². The van der Waals surface area contributed by atoms with E-state index in [0.29, 0.717) is 11.8 Å². The molecule has 2 heteroatoms. The van der Waals surface area contributed by atoms with Crippen LogP contribution in [0.2, 0.25) is 0 Å². The van der Waals surface area contributed by atoms with Crippen LogP contribution in [-0.4, -0.2) is 19.8 Å². The molecule has 0 saturated carbocycles. The van der Waals surface area contributed by atoms with E-state index in [-0.39, 0.29) is 0 Å². The van der Waals surface area contributed by atoms with Crippen LogP contribution < -0.4 is 5.73 Å². The van der Waals surface area contributed by atoms with E-state index in [1.165, 1.54) is 5.56 Å². The molecule has 0 amide bonds. The van der Waals surface area contributed by atoms with E-state index in [9.17, 15) is 0 Å². The van der Waals surface area contributed by atoms with Gasteiger partial charge in [0.2, 0.25) is 0 Å².